The minimum atomic E-state index is -0.0744. The van der Waals surface area contributed by atoms with Crippen LogP contribution in [0.25, 0.3) is 21.3 Å². The lowest BCUT2D eigenvalue weighted by Gasteiger charge is -2.35. The molecule has 2 saturated heterocycles. The third-order valence-corrected chi connectivity index (χ3v) is 7.69. The minimum absolute atomic E-state index is 0.0744. The number of thiophene rings is 1. The van der Waals surface area contributed by atoms with Crippen LogP contribution in [-0.2, 0) is 16.1 Å². The molecule has 0 saturated carbocycles. The van der Waals surface area contributed by atoms with Crippen LogP contribution in [-0.4, -0.2) is 89.6 Å². The first-order valence-corrected chi connectivity index (χ1v) is 12.7. The summed E-state index contributed by atoms with van der Waals surface area (Å²) in [4.78, 5) is 41.7. The van der Waals surface area contributed by atoms with Crippen molar-refractivity contribution in [2.45, 2.75) is 20.4 Å². The van der Waals surface area contributed by atoms with E-state index in [-0.39, 0.29) is 11.5 Å². The lowest BCUT2D eigenvalue weighted by atomic mass is 10.0. The fourth-order valence-corrected chi connectivity index (χ4v) is 5.79. The molecule has 34 heavy (non-hydrogen) atoms. The summed E-state index contributed by atoms with van der Waals surface area (Å²) >= 11 is 1.58. The average Bonchev–Trinajstić information content (AvgIpc) is 3.17. The Morgan fingerprint density at radius 2 is 1.71 bits per heavy atom. The Labute approximate surface area is 203 Å². The van der Waals surface area contributed by atoms with Gasteiger partial charge in [0, 0.05) is 49.7 Å². The van der Waals surface area contributed by atoms with Crippen LogP contribution in [0.2, 0.25) is 0 Å². The maximum absolute atomic E-state index is 13.1. The lowest BCUT2D eigenvalue weighted by molar-refractivity contribution is -0.136. The number of aromatic nitrogens is 2. The summed E-state index contributed by atoms with van der Waals surface area (Å²) in [6.07, 6.45) is 0. The van der Waals surface area contributed by atoms with Crippen molar-refractivity contribution in [3.8, 4) is 11.1 Å². The standard InChI is InChI=1S/C25H31N5O3S/c1-17-3-5-19(6-4-17)22-18(2)34-25-23(22)24(32)26-20(27-25)15-28-7-9-29(10-8-28)16-21(31)30-11-13-33-14-12-30/h3-6H,7-16H2,1-2H3,(H,26,27,32). The van der Waals surface area contributed by atoms with Crippen LogP contribution >= 0.6 is 11.3 Å². The largest absolute Gasteiger partial charge is 0.378 e. The number of aromatic amines is 1. The van der Waals surface area contributed by atoms with Crippen LogP contribution in [0.3, 0.4) is 0 Å². The number of hydrogen-bond donors (Lipinski definition) is 1. The summed E-state index contributed by atoms with van der Waals surface area (Å²) in [6.45, 7) is 11.2. The lowest BCUT2D eigenvalue weighted by Crippen LogP contribution is -2.51. The first kappa shape index (κ1) is 23.2. The molecule has 1 N–H and O–H groups in total. The molecule has 0 bridgehead atoms. The number of nitrogens with one attached hydrogen (secondary N) is 1. The van der Waals surface area contributed by atoms with Crippen molar-refractivity contribution >= 4 is 27.5 Å². The Morgan fingerprint density at radius 3 is 2.41 bits per heavy atom. The van der Waals surface area contributed by atoms with Gasteiger partial charge >= 0.3 is 0 Å². The maximum atomic E-state index is 13.1. The monoisotopic (exact) mass is 481 g/mol. The predicted octanol–water partition coefficient (Wildman–Crippen LogP) is 2.24. The number of piperazine rings is 1. The highest BCUT2D eigenvalue weighted by molar-refractivity contribution is 7.19. The number of aryl methyl sites for hydroxylation is 2. The van der Waals surface area contributed by atoms with Crippen LogP contribution in [0.4, 0.5) is 0 Å². The molecule has 0 aliphatic carbocycles. The van der Waals surface area contributed by atoms with Gasteiger partial charge in [0.1, 0.15) is 10.7 Å². The highest BCUT2D eigenvalue weighted by Gasteiger charge is 2.24. The molecule has 0 radical (unpaired) electrons. The number of hydrogen-bond acceptors (Lipinski definition) is 7. The molecule has 0 atom stereocenters. The second kappa shape index (κ2) is 9.95. The molecule has 3 aromatic rings. The molecule has 9 heteroatoms. The Bertz CT molecular complexity index is 1220. The Morgan fingerprint density at radius 1 is 1.03 bits per heavy atom. The Kier molecular flexibility index (Phi) is 6.78. The number of rotatable bonds is 5. The van der Waals surface area contributed by atoms with Crippen LogP contribution in [0.15, 0.2) is 29.1 Å². The van der Waals surface area contributed by atoms with Crippen LogP contribution in [0, 0.1) is 13.8 Å². The summed E-state index contributed by atoms with van der Waals surface area (Å²) in [7, 11) is 0. The van der Waals surface area contributed by atoms with E-state index in [1.807, 2.05) is 4.90 Å². The SMILES string of the molecule is Cc1ccc(-c2c(C)sc3nc(CN4CCN(CC(=O)N5CCOCC5)CC4)[nH]c(=O)c23)cc1. The smallest absolute Gasteiger partial charge is 0.260 e. The Balaban J connectivity index is 1.24. The fourth-order valence-electron chi connectivity index (χ4n) is 4.73. The number of morpholine rings is 1. The third kappa shape index (κ3) is 4.93. The van der Waals surface area contributed by atoms with Crippen molar-refractivity contribution in [1.29, 1.82) is 0 Å². The van der Waals surface area contributed by atoms with E-state index in [0.29, 0.717) is 50.6 Å². The van der Waals surface area contributed by atoms with Crippen molar-refractivity contribution in [1.82, 2.24) is 24.7 Å². The summed E-state index contributed by atoms with van der Waals surface area (Å²) in [6, 6.07) is 8.28. The van der Waals surface area contributed by atoms with E-state index < -0.39 is 0 Å². The van der Waals surface area contributed by atoms with Gasteiger partial charge in [-0.05, 0) is 19.4 Å². The van der Waals surface area contributed by atoms with E-state index in [1.165, 1.54) is 5.56 Å². The normalized spacial score (nSPS) is 18.0. The van der Waals surface area contributed by atoms with Crippen molar-refractivity contribution in [3.63, 3.8) is 0 Å². The molecule has 0 unspecified atom stereocenters. The zero-order chi connectivity index (χ0) is 23.7. The van der Waals surface area contributed by atoms with Crippen LogP contribution < -0.4 is 5.56 Å². The van der Waals surface area contributed by atoms with Gasteiger partial charge in [-0.3, -0.25) is 19.4 Å². The summed E-state index contributed by atoms with van der Waals surface area (Å²) in [5.74, 6) is 0.887. The third-order valence-electron chi connectivity index (χ3n) is 6.69. The van der Waals surface area contributed by atoms with E-state index in [2.05, 4.69) is 52.9 Å². The fraction of sp³-hybridized carbons (Fsp3) is 0.480. The molecule has 2 aromatic heterocycles. The molecule has 1 amide bonds. The van der Waals surface area contributed by atoms with Crippen molar-refractivity contribution in [3.05, 3.63) is 50.9 Å². The van der Waals surface area contributed by atoms with Gasteiger partial charge in [0.2, 0.25) is 5.91 Å². The minimum Gasteiger partial charge on any atom is -0.378 e. The highest BCUT2D eigenvalue weighted by atomic mass is 32.1. The van der Waals surface area contributed by atoms with Gasteiger partial charge in [-0.15, -0.1) is 11.3 Å². The molecule has 1 aromatic carbocycles. The second-order valence-corrected chi connectivity index (χ2v) is 10.3. The van der Waals surface area contributed by atoms with Crippen LogP contribution in [0.1, 0.15) is 16.3 Å². The molecular formula is C25H31N5O3S. The van der Waals surface area contributed by atoms with Gasteiger partial charge in [-0.1, -0.05) is 29.8 Å². The van der Waals surface area contributed by atoms with Gasteiger partial charge in [0.15, 0.2) is 0 Å². The van der Waals surface area contributed by atoms with Gasteiger partial charge in [-0.25, -0.2) is 4.98 Å². The second-order valence-electron chi connectivity index (χ2n) is 9.14. The molecule has 5 rings (SSSR count). The molecule has 0 spiro atoms. The molecular weight excluding hydrogens is 450 g/mol. The zero-order valence-corrected chi connectivity index (χ0v) is 20.6. The first-order chi connectivity index (χ1) is 16.5. The first-order valence-electron chi connectivity index (χ1n) is 11.9. The zero-order valence-electron chi connectivity index (χ0n) is 19.8. The van der Waals surface area contributed by atoms with Crippen molar-refractivity contribution in [2.24, 2.45) is 0 Å². The molecule has 2 fully saturated rings. The number of carbonyl (C=O) groups excluding carboxylic acids is 1. The topological polar surface area (TPSA) is 81.8 Å². The van der Waals surface area contributed by atoms with Gasteiger partial charge in [-0.2, -0.15) is 0 Å². The molecule has 2 aliphatic rings. The van der Waals surface area contributed by atoms with Crippen LogP contribution in [0.5, 0.6) is 0 Å². The van der Waals surface area contributed by atoms with E-state index >= 15 is 0 Å². The quantitative estimate of drug-likeness (QED) is 0.602. The maximum Gasteiger partial charge on any atom is 0.260 e. The van der Waals surface area contributed by atoms with Crippen molar-refractivity contribution in [2.75, 3.05) is 59.0 Å². The molecule has 180 valence electrons. The molecule has 8 nitrogen and oxygen atoms in total. The van der Waals surface area contributed by atoms with E-state index in [0.717, 1.165) is 47.0 Å². The summed E-state index contributed by atoms with van der Waals surface area (Å²) < 4.78 is 5.34. The van der Waals surface area contributed by atoms with Gasteiger partial charge in [0.25, 0.3) is 5.56 Å². The summed E-state index contributed by atoms with van der Waals surface area (Å²) in [5.41, 5.74) is 3.16. The number of amides is 1. The number of carbonyl (C=O) groups is 1. The molecule has 4 heterocycles. The summed E-state index contributed by atoms with van der Waals surface area (Å²) in [5, 5.41) is 0.682. The van der Waals surface area contributed by atoms with E-state index in [1.54, 1.807) is 11.3 Å². The van der Waals surface area contributed by atoms with Gasteiger partial charge < -0.3 is 14.6 Å². The number of benzene rings is 1. The number of fused-ring (bicyclic) bond motifs is 1. The Hall–Kier alpha value is -2.59. The highest BCUT2D eigenvalue weighted by Crippen LogP contribution is 2.35. The van der Waals surface area contributed by atoms with Gasteiger partial charge in [0.05, 0.1) is 31.7 Å². The average molecular weight is 482 g/mol. The number of H-pyrrole nitrogens is 1. The van der Waals surface area contributed by atoms with E-state index in [9.17, 15) is 9.59 Å². The van der Waals surface area contributed by atoms with Crippen molar-refractivity contribution < 1.29 is 9.53 Å². The predicted molar refractivity (Wildman–Crippen MR) is 134 cm³/mol. The molecule has 2 aliphatic heterocycles. The number of ether oxygens (including phenoxy) is 1. The number of nitrogens with zero attached hydrogens (tertiary/aromatic N) is 4. The van der Waals surface area contributed by atoms with E-state index in [4.69, 9.17) is 9.72 Å².